The number of hydrogen-bond acceptors (Lipinski definition) is 2. The van der Waals surface area contributed by atoms with Gasteiger partial charge in [0.2, 0.25) is 0 Å². The van der Waals surface area contributed by atoms with Crippen LogP contribution in [0.5, 0.6) is 0 Å². The molecule has 0 spiro atoms. The maximum atomic E-state index is 2.29. The Morgan fingerprint density at radius 1 is 0.762 bits per heavy atom. The number of benzene rings is 2. The summed E-state index contributed by atoms with van der Waals surface area (Å²) in [6, 6.07) is 21.7. The van der Waals surface area contributed by atoms with E-state index in [9.17, 15) is 0 Å². The van der Waals surface area contributed by atoms with Crippen LogP contribution < -0.4 is 0 Å². The van der Waals surface area contributed by atoms with Crippen molar-refractivity contribution in [3.05, 3.63) is 71.8 Å². The van der Waals surface area contributed by atoms with E-state index < -0.39 is 0 Å². The van der Waals surface area contributed by atoms with Crippen molar-refractivity contribution in [1.82, 2.24) is 0 Å². The molecule has 0 fully saturated rings. The van der Waals surface area contributed by atoms with Gasteiger partial charge in [0.05, 0.1) is 5.25 Å². The first kappa shape index (κ1) is 16.5. The van der Waals surface area contributed by atoms with Gasteiger partial charge in [-0.3, -0.25) is 0 Å². The summed E-state index contributed by atoms with van der Waals surface area (Å²) in [5.41, 5.74) is 2.80. The second-order valence-corrected chi connectivity index (χ2v) is 9.17. The van der Waals surface area contributed by atoms with Gasteiger partial charge in [-0.1, -0.05) is 81.4 Å². The van der Waals surface area contributed by atoms with Gasteiger partial charge < -0.3 is 0 Å². The Hall–Kier alpha value is -0.860. The average Bonchev–Trinajstić information content (AvgIpc) is 2.48. The first-order chi connectivity index (χ1) is 10.1. The third kappa shape index (κ3) is 5.80. The van der Waals surface area contributed by atoms with Gasteiger partial charge in [0.1, 0.15) is 0 Å². The Morgan fingerprint density at radius 3 is 1.67 bits per heavy atom. The fourth-order valence-electron chi connectivity index (χ4n) is 2.15. The molecule has 0 aliphatic carbocycles. The average molecular weight is 317 g/mol. The maximum absolute atomic E-state index is 2.29. The van der Waals surface area contributed by atoms with Gasteiger partial charge in [0, 0.05) is 16.3 Å². The molecule has 0 N–H and O–H groups in total. The van der Waals surface area contributed by atoms with Crippen LogP contribution in [0.25, 0.3) is 0 Å². The molecule has 21 heavy (non-hydrogen) atoms. The molecule has 112 valence electrons. The molecule has 0 atom stereocenters. The van der Waals surface area contributed by atoms with E-state index in [-0.39, 0.29) is 0 Å². The SMILES string of the molecule is CC(C)(C)SCCSC(c1ccccc1)c1ccccc1. The maximum Gasteiger partial charge on any atom is 0.0546 e. The molecule has 0 aromatic heterocycles. The van der Waals surface area contributed by atoms with Crippen molar-refractivity contribution in [2.75, 3.05) is 11.5 Å². The van der Waals surface area contributed by atoms with E-state index >= 15 is 0 Å². The largest absolute Gasteiger partial charge is 0.155 e. The summed E-state index contributed by atoms with van der Waals surface area (Å²) < 4.78 is 0.357. The Labute approximate surface area is 137 Å². The predicted octanol–water partition coefficient (Wildman–Crippen LogP) is 6.04. The number of thioether (sulfide) groups is 2. The second kappa shape index (κ2) is 7.95. The molecule has 0 nitrogen and oxygen atoms in total. The van der Waals surface area contributed by atoms with Crippen molar-refractivity contribution in [2.24, 2.45) is 0 Å². The van der Waals surface area contributed by atoms with E-state index in [4.69, 9.17) is 0 Å². The fourth-order valence-corrected chi connectivity index (χ4v) is 4.42. The molecule has 0 saturated carbocycles. The quantitative estimate of drug-likeness (QED) is 0.596. The number of rotatable bonds is 6. The van der Waals surface area contributed by atoms with Crippen molar-refractivity contribution < 1.29 is 0 Å². The lowest BCUT2D eigenvalue weighted by Gasteiger charge is -2.20. The lowest BCUT2D eigenvalue weighted by Crippen LogP contribution is -2.09. The minimum atomic E-state index is 0.357. The lowest BCUT2D eigenvalue weighted by molar-refractivity contribution is 0.803. The number of hydrogen-bond donors (Lipinski definition) is 0. The summed E-state index contributed by atoms with van der Waals surface area (Å²) in [4.78, 5) is 0. The molecule has 0 amide bonds. The minimum Gasteiger partial charge on any atom is -0.155 e. The fraction of sp³-hybridized carbons (Fsp3) is 0.368. The normalized spacial score (nSPS) is 11.8. The molecule has 0 aliphatic rings. The van der Waals surface area contributed by atoms with Gasteiger partial charge in [-0.15, -0.1) is 11.8 Å². The lowest BCUT2D eigenvalue weighted by atomic mass is 10.0. The van der Waals surface area contributed by atoms with Crippen molar-refractivity contribution in [3.63, 3.8) is 0 Å². The third-order valence-electron chi connectivity index (χ3n) is 3.11. The molecule has 2 heteroatoms. The van der Waals surface area contributed by atoms with E-state index in [0.29, 0.717) is 10.00 Å². The molecule has 0 saturated heterocycles. The summed E-state index contributed by atoms with van der Waals surface area (Å²) in [7, 11) is 0. The minimum absolute atomic E-state index is 0.357. The molecule has 2 aromatic carbocycles. The summed E-state index contributed by atoms with van der Waals surface area (Å²) >= 11 is 4.09. The summed E-state index contributed by atoms with van der Waals surface area (Å²) in [5.74, 6) is 2.38. The Balaban J connectivity index is 2.04. The predicted molar refractivity (Wildman–Crippen MR) is 99.4 cm³/mol. The van der Waals surface area contributed by atoms with Crippen LogP contribution in [0.1, 0.15) is 37.1 Å². The second-order valence-electron chi connectivity index (χ2n) is 6.03. The molecular weight excluding hydrogens is 292 g/mol. The Bertz CT molecular complexity index is 475. The zero-order valence-electron chi connectivity index (χ0n) is 13.1. The van der Waals surface area contributed by atoms with E-state index in [2.05, 4.69) is 81.4 Å². The molecule has 0 radical (unpaired) electrons. The molecule has 0 bridgehead atoms. The smallest absolute Gasteiger partial charge is 0.0546 e. The van der Waals surface area contributed by atoms with Gasteiger partial charge in [-0.2, -0.15) is 11.8 Å². The van der Waals surface area contributed by atoms with E-state index in [1.54, 1.807) is 0 Å². The highest BCUT2D eigenvalue weighted by atomic mass is 32.2. The van der Waals surface area contributed by atoms with Gasteiger partial charge in [-0.05, 0) is 11.1 Å². The van der Waals surface area contributed by atoms with Crippen LogP contribution in [0.4, 0.5) is 0 Å². The standard InChI is InChI=1S/C19H24S2/c1-19(2,3)21-15-14-20-18(16-10-6-4-7-11-16)17-12-8-5-9-13-17/h4-13,18H,14-15H2,1-3H3. The van der Waals surface area contributed by atoms with E-state index in [1.807, 2.05) is 23.5 Å². The zero-order valence-corrected chi connectivity index (χ0v) is 14.7. The van der Waals surface area contributed by atoms with Crippen molar-refractivity contribution in [3.8, 4) is 0 Å². The van der Waals surface area contributed by atoms with Crippen LogP contribution in [0.15, 0.2) is 60.7 Å². The highest BCUT2D eigenvalue weighted by Gasteiger charge is 2.15. The first-order valence-electron chi connectivity index (χ1n) is 7.42. The summed E-state index contributed by atoms with van der Waals surface area (Å²) in [6.45, 7) is 6.86. The molecular formula is C19H24S2. The summed E-state index contributed by atoms with van der Waals surface area (Å²) in [6.07, 6.45) is 0. The van der Waals surface area contributed by atoms with Gasteiger partial charge in [0.15, 0.2) is 0 Å². The van der Waals surface area contributed by atoms with Gasteiger partial charge >= 0.3 is 0 Å². The van der Waals surface area contributed by atoms with Crippen LogP contribution >= 0.6 is 23.5 Å². The molecule has 2 aromatic rings. The zero-order chi connectivity index (χ0) is 15.1. The third-order valence-corrected chi connectivity index (χ3v) is 5.96. The first-order valence-corrected chi connectivity index (χ1v) is 9.45. The topological polar surface area (TPSA) is 0 Å². The Morgan fingerprint density at radius 2 is 1.24 bits per heavy atom. The summed E-state index contributed by atoms with van der Waals surface area (Å²) in [5, 5.41) is 0.438. The molecule has 0 heterocycles. The van der Waals surface area contributed by atoms with Gasteiger partial charge in [-0.25, -0.2) is 0 Å². The highest BCUT2D eigenvalue weighted by molar-refractivity contribution is 8.03. The van der Waals surface area contributed by atoms with Gasteiger partial charge in [0.25, 0.3) is 0 Å². The van der Waals surface area contributed by atoms with Crippen LogP contribution in [0.2, 0.25) is 0 Å². The van der Waals surface area contributed by atoms with Crippen LogP contribution in [0.3, 0.4) is 0 Å². The highest BCUT2D eigenvalue weighted by Crippen LogP contribution is 2.36. The van der Waals surface area contributed by atoms with Crippen LogP contribution in [-0.4, -0.2) is 16.3 Å². The molecule has 0 unspecified atom stereocenters. The van der Waals surface area contributed by atoms with Crippen molar-refractivity contribution in [2.45, 2.75) is 30.8 Å². The monoisotopic (exact) mass is 316 g/mol. The molecule has 0 aliphatic heterocycles. The molecule has 2 rings (SSSR count). The van der Waals surface area contributed by atoms with E-state index in [1.165, 1.54) is 22.6 Å². The van der Waals surface area contributed by atoms with E-state index in [0.717, 1.165) is 0 Å². The van der Waals surface area contributed by atoms with Crippen LogP contribution in [0, 0.1) is 0 Å². The van der Waals surface area contributed by atoms with Crippen molar-refractivity contribution in [1.29, 1.82) is 0 Å². The Kier molecular flexibility index (Phi) is 6.25. The van der Waals surface area contributed by atoms with Crippen LogP contribution in [-0.2, 0) is 0 Å². The van der Waals surface area contributed by atoms with Crippen molar-refractivity contribution >= 4 is 23.5 Å².